The predicted octanol–water partition coefficient (Wildman–Crippen LogP) is 2.31. The lowest BCUT2D eigenvalue weighted by molar-refractivity contribution is 0.193. The number of nitrogens with zero attached hydrogens (tertiary/aromatic N) is 4. The SMILES string of the molecule is COc1ccccc1CN1CCN(c2cc([C@H]3CCOC3)ncn2)CC1. The molecule has 6 heteroatoms. The van der Waals surface area contributed by atoms with Crippen molar-refractivity contribution in [2.45, 2.75) is 18.9 Å². The molecule has 26 heavy (non-hydrogen) atoms. The number of benzene rings is 1. The van der Waals surface area contributed by atoms with E-state index in [1.807, 2.05) is 12.1 Å². The molecule has 6 nitrogen and oxygen atoms in total. The second kappa shape index (κ2) is 8.01. The van der Waals surface area contributed by atoms with Gasteiger partial charge in [0.2, 0.25) is 0 Å². The number of rotatable bonds is 5. The predicted molar refractivity (Wildman–Crippen MR) is 101 cm³/mol. The van der Waals surface area contributed by atoms with Crippen LogP contribution in [-0.4, -0.2) is 61.4 Å². The molecular formula is C20H26N4O2. The molecule has 0 saturated carbocycles. The van der Waals surface area contributed by atoms with E-state index in [0.29, 0.717) is 5.92 Å². The van der Waals surface area contributed by atoms with Crippen molar-refractivity contribution >= 4 is 5.82 Å². The van der Waals surface area contributed by atoms with Gasteiger partial charge in [0.15, 0.2) is 0 Å². The molecule has 2 aliphatic rings. The standard InChI is InChI=1S/C20H26N4O2/c1-25-19-5-3-2-4-16(19)13-23-7-9-24(10-8-23)20-12-18(21-15-22-20)17-6-11-26-14-17/h2-5,12,15,17H,6-11,13-14H2,1H3/t17-/m0/s1. The molecule has 1 atom stereocenters. The van der Waals surface area contributed by atoms with Gasteiger partial charge in [-0.3, -0.25) is 4.90 Å². The Morgan fingerprint density at radius 3 is 2.77 bits per heavy atom. The van der Waals surface area contributed by atoms with E-state index in [9.17, 15) is 0 Å². The summed E-state index contributed by atoms with van der Waals surface area (Å²) in [6.07, 6.45) is 2.76. The molecule has 2 saturated heterocycles. The van der Waals surface area contributed by atoms with Crippen LogP contribution in [0.1, 0.15) is 23.6 Å². The molecular weight excluding hydrogens is 328 g/mol. The Morgan fingerprint density at radius 2 is 2.00 bits per heavy atom. The van der Waals surface area contributed by atoms with Gasteiger partial charge in [-0.2, -0.15) is 0 Å². The zero-order valence-corrected chi connectivity index (χ0v) is 15.3. The topological polar surface area (TPSA) is 50.7 Å². The van der Waals surface area contributed by atoms with Crippen LogP contribution >= 0.6 is 0 Å². The molecule has 0 unspecified atom stereocenters. The van der Waals surface area contributed by atoms with Gasteiger partial charge in [-0.15, -0.1) is 0 Å². The van der Waals surface area contributed by atoms with Crippen LogP contribution in [-0.2, 0) is 11.3 Å². The number of aromatic nitrogens is 2. The molecule has 0 radical (unpaired) electrons. The number of methoxy groups -OCH3 is 1. The highest BCUT2D eigenvalue weighted by Gasteiger charge is 2.23. The average Bonchev–Trinajstić information content (AvgIpc) is 3.24. The third kappa shape index (κ3) is 3.81. The monoisotopic (exact) mass is 354 g/mol. The summed E-state index contributed by atoms with van der Waals surface area (Å²) in [6, 6.07) is 10.4. The van der Waals surface area contributed by atoms with Crippen LogP contribution < -0.4 is 9.64 Å². The molecule has 0 aliphatic carbocycles. The first kappa shape index (κ1) is 17.2. The van der Waals surface area contributed by atoms with Crippen molar-refractivity contribution in [3.05, 3.63) is 47.9 Å². The summed E-state index contributed by atoms with van der Waals surface area (Å²) >= 11 is 0. The summed E-state index contributed by atoms with van der Waals surface area (Å²) in [4.78, 5) is 13.8. The lowest BCUT2D eigenvalue weighted by Crippen LogP contribution is -2.46. The summed E-state index contributed by atoms with van der Waals surface area (Å²) in [6.45, 7) is 6.54. The number of ether oxygens (including phenoxy) is 2. The number of anilines is 1. The minimum absolute atomic E-state index is 0.420. The van der Waals surface area contributed by atoms with E-state index in [-0.39, 0.29) is 0 Å². The smallest absolute Gasteiger partial charge is 0.132 e. The first-order chi connectivity index (χ1) is 12.8. The molecule has 3 heterocycles. The fraction of sp³-hybridized carbons (Fsp3) is 0.500. The summed E-state index contributed by atoms with van der Waals surface area (Å²) in [5.41, 5.74) is 2.36. The molecule has 0 amide bonds. The van der Waals surface area contributed by atoms with Crippen LogP contribution in [0.25, 0.3) is 0 Å². The quantitative estimate of drug-likeness (QED) is 0.821. The summed E-state index contributed by atoms with van der Waals surface area (Å²) < 4.78 is 11.0. The van der Waals surface area contributed by atoms with Crippen molar-refractivity contribution in [3.8, 4) is 5.75 Å². The lowest BCUT2D eigenvalue weighted by atomic mass is 10.0. The highest BCUT2D eigenvalue weighted by Crippen LogP contribution is 2.26. The van der Waals surface area contributed by atoms with Gasteiger partial charge in [0.1, 0.15) is 17.9 Å². The van der Waals surface area contributed by atoms with Crippen LogP contribution in [0.15, 0.2) is 36.7 Å². The van der Waals surface area contributed by atoms with Crippen molar-refractivity contribution in [1.82, 2.24) is 14.9 Å². The highest BCUT2D eigenvalue weighted by atomic mass is 16.5. The molecule has 4 rings (SSSR count). The van der Waals surface area contributed by atoms with Gasteiger partial charge in [0.25, 0.3) is 0 Å². The van der Waals surface area contributed by atoms with E-state index < -0.39 is 0 Å². The fourth-order valence-corrected chi connectivity index (χ4v) is 3.74. The number of piperazine rings is 1. The number of hydrogen-bond donors (Lipinski definition) is 0. The van der Waals surface area contributed by atoms with Crippen LogP contribution in [0.5, 0.6) is 5.75 Å². The zero-order valence-electron chi connectivity index (χ0n) is 15.3. The maximum absolute atomic E-state index is 5.50. The second-order valence-corrected chi connectivity index (χ2v) is 6.94. The van der Waals surface area contributed by atoms with Crippen LogP contribution in [0.2, 0.25) is 0 Å². The Hall–Kier alpha value is -2.18. The van der Waals surface area contributed by atoms with E-state index >= 15 is 0 Å². The highest BCUT2D eigenvalue weighted by molar-refractivity contribution is 5.40. The minimum Gasteiger partial charge on any atom is -0.496 e. The minimum atomic E-state index is 0.420. The van der Waals surface area contributed by atoms with Gasteiger partial charge < -0.3 is 14.4 Å². The van der Waals surface area contributed by atoms with Gasteiger partial charge in [-0.05, 0) is 12.5 Å². The largest absolute Gasteiger partial charge is 0.496 e. The normalized spacial score (nSPS) is 21.1. The third-order valence-electron chi connectivity index (χ3n) is 5.30. The molecule has 0 bridgehead atoms. The molecule has 2 aliphatic heterocycles. The first-order valence-corrected chi connectivity index (χ1v) is 9.32. The maximum atomic E-state index is 5.50. The molecule has 1 aromatic heterocycles. The van der Waals surface area contributed by atoms with Gasteiger partial charge in [-0.25, -0.2) is 9.97 Å². The molecule has 0 spiro atoms. The molecule has 0 N–H and O–H groups in total. The van der Waals surface area contributed by atoms with Gasteiger partial charge in [0, 0.05) is 56.9 Å². The number of para-hydroxylation sites is 1. The maximum Gasteiger partial charge on any atom is 0.132 e. The first-order valence-electron chi connectivity index (χ1n) is 9.32. The Kier molecular flexibility index (Phi) is 5.32. The Morgan fingerprint density at radius 1 is 1.15 bits per heavy atom. The molecule has 138 valence electrons. The zero-order chi connectivity index (χ0) is 17.8. The van der Waals surface area contributed by atoms with Gasteiger partial charge in [0.05, 0.1) is 19.4 Å². The van der Waals surface area contributed by atoms with Gasteiger partial charge >= 0.3 is 0 Å². The van der Waals surface area contributed by atoms with E-state index in [1.165, 1.54) is 5.56 Å². The van der Waals surface area contributed by atoms with E-state index in [1.54, 1.807) is 13.4 Å². The van der Waals surface area contributed by atoms with Crippen LogP contribution in [0, 0.1) is 0 Å². The van der Waals surface area contributed by atoms with Crippen LogP contribution in [0.4, 0.5) is 5.82 Å². The van der Waals surface area contributed by atoms with Crippen molar-refractivity contribution in [2.24, 2.45) is 0 Å². The summed E-state index contributed by atoms with van der Waals surface area (Å²) in [5.74, 6) is 2.43. The Labute approximate surface area is 154 Å². The van der Waals surface area contributed by atoms with Crippen LogP contribution in [0.3, 0.4) is 0 Å². The fourth-order valence-electron chi connectivity index (χ4n) is 3.74. The van der Waals surface area contributed by atoms with E-state index in [2.05, 4.69) is 38.0 Å². The van der Waals surface area contributed by atoms with Crippen molar-refractivity contribution in [1.29, 1.82) is 0 Å². The van der Waals surface area contributed by atoms with Crippen molar-refractivity contribution in [2.75, 3.05) is 51.4 Å². The Bertz CT molecular complexity index is 725. The van der Waals surface area contributed by atoms with E-state index in [4.69, 9.17) is 9.47 Å². The van der Waals surface area contributed by atoms with E-state index in [0.717, 1.165) is 69.6 Å². The number of hydrogen-bond acceptors (Lipinski definition) is 6. The van der Waals surface area contributed by atoms with Crippen molar-refractivity contribution < 1.29 is 9.47 Å². The van der Waals surface area contributed by atoms with Crippen molar-refractivity contribution in [3.63, 3.8) is 0 Å². The average molecular weight is 354 g/mol. The summed E-state index contributed by atoms with van der Waals surface area (Å²) in [5, 5.41) is 0. The van der Waals surface area contributed by atoms with Gasteiger partial charge in [-0.1, -0.05) is 18.2 Å². The third-order valence-corrected chi connectivity index (χ3v) is 5.30. The molecule has 2 aromatic rings. The molecule has 2 fully saturated rings. The summed E-state index contributed by atoms with van der Waals surface area (Å²) in [7, 11) is 1.73. The lowest BCUT2D eigenvalue weighted by Gasteiger charge is -2.35. The second-order valence-electron chi connectivity index (χ2n) is 6.94. The Balaban J connectivity index is 1.37. The molecule has 1 aromatic carbocycles.